The molecule has 2 radical (unpaired) electrons. The molecule has 0 atom stereocenters. The first-order valence-electron chi connectivity index (χ1n) is 0. The number of rotatable bonds is 0. The Hall–Kier alpha value is 2.54. The van der Waals surface area contributed by atoms with Crippen LogP contribution in [0.2, 0.25) is 0 Å². The molecule has 0 aliphatic rings. The van der Waals surface area contributed by atoms with Gasteiger partial charge in [0.05, 0.1) is 0 Å². The molecule has 0 saturated heterocycles. The maximum absolute atomic E-state index is 0. The molecule has 6 heavy (non-hydrogen) atoms. The maximum Gasteiger partial charge on any atom is 0 e. The topological polar surface area (TPSA) is 0 Å². The standard InChI is InChI=1S/CH3.Cr.Fe.Mo.H3Si.V/h1H3;;;;1H3;/q-1;;;;;. The molecule has 0 rings (SSSR count). The zero-order valence-electron chi connectivity index (χ0n) is 3.62. The van der Waals surface area contributed by atoms with Crippen LogP contribution in [0.15, 0.2) is 0 Å². The largest absolute Gasteiger partial charge is 0.358 e. The Bertz CT molecular complexity index is 15.5. The van der Waals surface area contributed by atoms with E-state index in [1.54, 1.807) is 0 Å². The second-order valence-electron chi connectivity index (χ2n) is 0. The van der Waals surface area contributed by atoms with Gasteiger partial charge in [0.15, 0.2) is 0 Å². The van der Waals surface area contributed by atoms with Gasteiger partial charge in [-0.15, -0.1) is 0 Å². The van der Waals surface area contributed by atoms with E-state index in [9.17, 15) is 0 Å². The van der Waals surface area contributed by atoms with Gasteiger partial charge >= 0.3 is 0 Å². The van der Waals surface area contributed by atoms with Crippen molar-refractivity contribution in [3.8, 4) is 0 Å². The van der Waals surface area contributed by atoms with Crippen LogP contribution in [0.3, 0.4) is 0 Å². The molecule has 0 aromatic carbocycles. The Labute approximate surface area is 91.4 Å². The van der Waals surface area contributed by atoms with E-state index >= 15 is 0 Å². The molecule has 0 N–H and O–H groups in total. The Kier molecular flexibility index (Phi) is 626. The van der Waals surface area contributed by atoms with E-state index < -0.39 is 0 Å². The first-order valence-corrected chi connectivity index (χ1v) is 0. The fraction of sp³-hybridized carbons (Fsp3) is 0. The van der Waals surface area contributed by atoms with Gasteiger partial charge in [-0.3, -0.25) is 0 Å². The monoisotopic (exact) mass is 303 g/mol. The van der Waals surface area contributed by atoms with Crippen molar-refractivity contribution in [2.24, 2.45) is 0 Å². The fourth-order valence-corrected chi connectivity index (χ4v) is 0. The van der Waals surface area contributed by atoms with Crippen molar-refractivity contribution < 1.29 is 74.1 Å². The maximum atomic E-state index is 0. The first-order chi connectivity index (χ1) is 0. The Balaban J connectivity index is 0. The van der Waals surface area contributed by atoms with Crippen molar-refractivity contribution in [1.29, 1.82) is 0 Å². The summed E-state index contributed by atoms with van der Waals surface area (Å²) in [5, 5.41) is 0. The van der Waals surface area contributed by atoms with E-state index in [4.69, 9.17) is 0 Å². The van der Waals surface area contributed by atoms with Crippen molar-refractivity contribution in [2.75, 3.05) is 0 Å². The molecule has 0 saturated carbocycles. The normalized spacial score (nSPS) is 0. The minimum Gasteiger partial charge on any atom is -0.358 e. The van der Waals surface area contributed by atoms with Crippen molar-refractivity contribution >= 4 is 11.0 Å². The summed E-state index contributed by atoms with van der Waals surface area (Å²) in [7, 11) is 0. The third-order valence-electron chi connectivity index (χ3n) is 0. The van der Waals surface area contributed by atoms with Crippen LogP contribution in [0, 0.1) is 7.43 Å². The average Bonchev–Trinajstić information content (AvgIpc) is 0. The zero-order valence-corrected chi connectivity index (χ0v) is 11.4. The van der Waals surface area contributed by atoms with Crippen molar-refractivity contribution in [3.05, 3.63) is 7.43 Å². The smallest absolute Gasteiger partial charge is 0 e. The van der Waals surface area contributed by atoms with Gasteiger partial charge in [0.1, 0.15) is 0 Å². The van der Waals surface area contributed by atoms with Crippen LogP contribution in [0.4, 0.5) is 0 Å². The molecule has 5 heteroatoms. The second-order valence-corrected chi connectivity index (χ2v) is 0. The second kappa shape index (κ2) is 50.0. The molecule has 0 spiro atoms. The van der Waals surface area contributed by atoms with E-state index in [0.29, 0.717) is 0 Å². The number of hydrogen-bond acceptors (Lipinski definition) is 0. The number of hydrogen-bond donors (Lipinski definition) is 0. The molecule has 40 valence electrons. The molecule has 0 nitrogen and oxygen atoms in total. The summed E-state index contributed by atoms with van der Waals surface area (Å²) in [6, 6.07) is 0. The minimum absolute atomic E-state index is 0. The molecular weight excluding hydrogens is 295 g/mol. The van der Waals surface area contributed by atoms with Gasteiger partial charge in [0, 0.05) is 74.1 Å². The van der Waals surface area contributed by atoms with E-state index in [1.807, 2.05) is 0 Å². The SMILES string of the molecule is [CH3-].[Cr].[Fe].[Mo].[SiH3].[V]. The molecule has 0 aliphatic heterocycles. The summed E-state index contributed by atoms with van der Waals surface area (Å²) < 4.78 is 0. The van der Waals surface area contributed by atoms with Crippen LogP contribution in [0.25, 0.3) is 0 Å². The van der Waals surface area contributed by atoms with Crippen molar-refractivity contribution in [2.45, 2.75) is 0 Å². The van der Waals surface area contributed by atoms with Gasteiger partial charge in [0.2, 0.25) is 0 Å². The van der Waals surface area contributed by atoms with Gasteiger partial charge in [-0.2, -0.15) is 0 Å². The molecule has 0 fully saturated rings. The molecule has 0 aromatic heterocycles. The van der Waals surface area contributed by atoms with E-state index in [-0.39, 0.29) is 92.4 Å². The van der Waals surface area contributed by atoms with Gasteiger partial charge in [-0.05, 0) is 11.0 Å². The molecule has 0 heterocycles. The quantitative estimate of drug-likeness (QED) is 0.408. The minimum atomic E-state index is 0. The summed E-state index contributed by atoms with van der Waals surface area (Å²) >= 11 is 0. The van der Waals surface area contributed by atoms with E-state index in [2.05, 4.69) is 0 Å². The Morgan fingerprint density at radius 3 is 1.00 bits per heavy atom. The Morgan fingerprint density at radius 1 is 1.00 bits per heavy atom. The first kappa shape index (κ1) is 75.2. The Morgan fingerprint density at radius 2 is 1.00 bits per heavy atom. The van der Waals surface area contributed by atoms with Gasteiger partial charge in [0.25, 0.3) is 0 Å². The van der Waals surface area contributed by atoms with Crippen LogP contribution in [-0.2, 0) is 74.1 Å². The van der Waals surface area contributed by atoms with Crippen LogP contribution in [0.5, 0.6) is 0 Å². The predicted octanol–water partition coefficient (Wildman–Crippen LogP) is -0.744. The average molecular weight is 301 g/mol. The van der Waals surface area contributed by atoms with E-state index in [1.165, 1.54) is 0 Å². The fourth-order valence-electron chi connectivity index (χ4n) is 0. The van der Waals surface area contributed by atoms with Gasteiger partial charge in [-0.1, -0.05) is 0 Å². The van der Waals surface area contributed by atoms with Gasteiger partial charge < -0.3 is 7.43 Å². The molecule has 0 amide bonds. The summed E-state index contributed by atoms with van der Waals surface area (Å²) in [6.07, 6.45) is 0. The third-order valence-corrected chi connectivity index (χ3v) is 0. The predicted molar refractivity (Wildman–Crippen MR) is 16.4 cm³/mol. The van der Waals surface area contributed by atoms with Crippen LogP contribution in [-0.4, -0.2) is 11.0 Å². The summed E-state index contributed by atoms with van der Waals surface area (Å²) in [4.78, 5) is 0. The van der Waals surface area contributed by atoms with Crippen LogP contribution >= 0.6 is 0 Å². The van der Waals surface area contributed by atoms with Crippen molar-refractivity contribution in [3.63, 3.8) is 0 Å². The molecule has 0 bridgehead atoms. The van der Waals surface area contributed by atoms with E-state index in [0.717, 1.165) is 0 Å². The summed E-state index contributed by atoms with van der Waals surface area (Å²) in [5.41, 5.74) is 0. The molecular formula is CH6CrFeMoSiV-. The summed E-state index contributed by atoms with van der Waals surface area (Å²) in [6.45, 7) is 0. The van der Waals surface area contributed by atoms with Crippen molar-refractivity contribution in [1.82, 2.24) is 0 Å². The summed E-state index contributed by atoms with van der Waals surface area (Å²) in [5.74, 6) is 0. The molecule has 0 aliphatic carbocycles. The van der Waals surface area contributed by atoms with Crippen LogP contribution in [0.1, 0.15) is 0 Å². The molecule has 0 unspecified atom stereocenters. The molecule has 0 aromatic rings. The third kappa shape index (κ3) is 31.1. The van der Waals surface area contributed by atoms with Crippen LogP contribution < -0.4 is 0 Å². The van der Waals surface area contributed by atoms with Gasteiger partial charge in [-0.25, -0.2) is 0 Å². The zero-order chi connectivity index (χ0) is 0.